The smallest absolute Gasteiger partial charge is 0.276 e. The highest BCUT2D eigenvalue weighted by Crippen LogP contribution is 2.24. The lowest BCUT2D eigenvalue weighted by Gasteiger charge is -2.30. The molecule has 0 saturated carbocycles. The molecule has 1 atom stereocenters. The Kier molecular flexibility index (Phi) is 4.32. The second-order valence-corrected chi connectivity index (χ2v) is 4.29. The molecular weight excluding hydrogens is 262 g/mol. The summed E-state index contributed by atoms with van der Waals surface area (Å²) in [5.41, 5.74) is -0.0223. The summed E-state index contributed by atoms with van der Waals surface area (Å²) in [5, 5.41) is 22.8. The van der Waals surface area contributed by atoms with Crippen LogP contribution in [-0.2, 0) is 4.74 Å². The van der Waals surface area contributed by atoms with Crippen LogP contribution in [0.25, 0.3) is 0 Å². The summed E-state index contributed by atoms with van der Waals surface area (Å²) in [4.78, 5) is 16.7. The maximum absolute atomic E-state index is 11.0. The van der Waals surface area contributed by atoms with Crippen molar-refractivity contribution in [1.82, 2.24) is 4.98 Å². The monoisotopic (exact) mass is 277 g/mol. The first-order valence-electron chi connectivity index (χ1n) is 6.30. The zero-order chi connectivity index (χ0) is 14.5. The molecular formula is C12H15N5O3. The fourth-order valence-corrected chi connectivity index (χ4v) is 1.98. The van der Waals surface area contributed by atoms with Crippen molar-refractivity contribution in [2.75, 3.05) is 36.5 Å². The van der Waals surface area contributed by atoms with Crippen molar-refractivity contribution in [3.63, 3.8) is 0 Å². The zero-order valence-corrected chi connectivity index (χ0v) is 11.1. The molecule has 1 aliphatic rings. The number of nitro groups is 1. The van der Waals surface area contributed by atoms with E-state index in [2.05, 4.69) is 10.3 Å². The first-order valence-corrected chi connectivity index (χ1v) is 6.30. The second-order valence-electron chi connectivity index (χ2n) is 4.29. The standard InChI is InChI=1S/C12H15N5O3/c1-2-14-11-5-9(17(18)19)6-12(15-11)16-3-4-20-10(7-13)8-16/h5-6,10H,2-4,8H2,1H3,(H,14,15). The van der Waals surface area contributed by atoms with E-state index in [1.54, 1.807) is 0 Å². The van der Waals surface area contributed by atoms with Gasteiger partial charge in [-0.05, 0) is 6.92 Å². The summed E-state index contributed by atoms with van der Waals surface area (Å²) < 4.78 is 5.25. The minimum Gasteiger partial charge on any atom is -0.370 e. The lowest BCUT2D eigenvalue weighted by atomic mass is 10.2. The highest BCUT2D eigenvalue weighted by atomic mass is 16.6. The van der Waals surface area contributed by atoms with E-state index in [1.807, 2.05) is 17.9 Å². The molecule has 20 heavy (non-hydrogen) atoms. The van der Waals surface area contributed by atoms with Crippen LogP contribution >= 0.6 is 0 Å². The van der Waals surface area contributed by atoms with Gasteiger partial charge in [0.25, 0.3) is 5.69 Å². The van der Waals surface area contributed by atoms with Crippen LogP contribution < -0.4 is 10.2 Å². The molecule has 1 fully saturated rings. The molecule has 2 rings (SSSR count). The first-order chi connectivity index (χ1) is 9.63. The van der Waals surface area contributed by atoms with Crippen molar-refractivity contribution in [1.29, 1.82) is 5.26 Å². The average molecular weight is 277 g/mol. The van der Waals surface area contributed by atoms with Gasteiger partial charge in [0.05, 0.1) is 36.3 Å². The number of morpholine rings is 1. The van der Waals surface area contributed by atoms with Gasteiger partial charge >= 0.3 is 0 Å². The van der Waals surface area contributed by atoms with Gasteiger partial charge in [-0.15, -0.1) is 0 Å². The Morgan fingerprint density at radius 3 is 3.15 bits per heavy atom. The van der Waals surface area contributed by atoms with E-state index in [4.69, 9.17) is 10.00 Å². The van der Waals surface area contributed by atoms with Crippen LogP contribution in [-0.4, -0.2) is 42.3 Å². The third kappa shape index (κ3) is 3.13. The van der Waals surface area contributed by atoms with Gasteiger partial charge in [-0.3, -0.25) is 10.1 Å². The van der Waals surface area contributed by atoms with Crippen LogP contribution in [0.5, 0.6) is 0 Å². The molecule has 0 spiro atoms. The van der Waals surface area contributed by atoms with Crippen LogP contribution in [0.4, 0.5) is 17.3 Å². The minimum absolute atomic E-state index is 0.0223. The highest BCUT2D eigenvalue weighted by molar-refractivity contribution is 5.56. The van der Waals surface area contributed by atoms with Gasteiger partial charge in [-0.2, -0.15) is 5.26 Å². The largest absolute Gasteiger partial charge is 0.370 e. The van der Waals surface area contributed by atoms with E-state index >= 15 is 0 Å². The predicted octanol–water partition coefficient (Wildman–Crippen LogP) is 1.15. The fourth-order valence-electron chi connectivity index (χ4n) is 1.98. The van der Waals surface area contributed by atoms with Gasteiger partial charge in [0, 0.05) is 13.1 Å². The number of nitrogens with zero attached hydrogens (tertiary/aromatic N) is 4. The molecule has 1 aromatic rings. The van der Waals surface area contributed by atoms with E-state index in [9.17, 15) is 10.1 Å². The van der Waals surface area contributed by atoms with Crippen molar-refractivity contribution in [3.05, 3.63) is 22.2 Å². The summed E-state index contributed by atoms with van der Waals surface area (Å²) in [6.45, 7) is 3.82. The zero-order valence-electron chi connectivity index (χ0n) is 11.1. The van der Waals surface area contributed by atoms with Gasteiger partial charge in [0.15, 0.2) is 6.10 Å². The van der Waals surface area contributed by atoms with Crippen molar-refractivity contribution >= 4 is 17.3 Å². The number of aromatic nitrogens is 1. The molecule has 1 aliphatic heterocycles. The van der Waals surface area contributed by atoms with E-state index in [0.29, 0.717) is 37.9 Å². The van der Waals surface area contributed by atoms with E-state index < -0.39 is 11.0 Å². The number of ether oxygens (including phenoxy) is 1. The third-order valence-electron chi connectivity index (χ3n) is 2.90. The van der Waals surface area contributed by atoms with Crippen LogP contribution in [0.3, 0.4) is 0 Å². The van der Waals surface area contributed by atoms with Gasteiger partial charge in [0.1, 0.15) is 11.6 Å². The predicted molar refractivity (Wildman–Crippen MR) is 72.6 cm³/mol. The first kappa shape index (κ1) is 14.0. The Balaban J connectivity index is 2.30. The average Bonchev–Trinajstić information content (AvgIpc) is 2.47. The molecule has 0 aromatic carbocycles. The number of nitrogens with one attached hydrogen (secondary N) is 1. The lowest BCUT2D eigenvalue weighted by molar-refractivity contribution is -0.384. The summed E-state index contributed by atoms with van der Waals surface area (Å²) >= 11 is 0. The number of pyridine rings is 1. The van der Waals surface area contributed by atoms with Crippen molar-refractivity contribution in [2.24, 2.45) is 0 Å². The molecule has 1 saturated heterocycles. The molecule has 0 aliphatic carbocycles. The van der Waals surface area contributed by atoms with Gasteiger partial charge in [-0.1, -0.05) is 0 Å². The number of nitriles is 1. The second kappa shape index (κ2) is 6.16. The molecule has 106 valence electrons. The topological polar surface area (TPSA) is 104 Å². The summed E-state index contributed by atoms with van der Waals surface area (Å²) in [6, 6.07) is 4.85. The normalized spacial score (nSPS) is 18.4. The van der Waals surface area contributed by atoms with Gasteiger partial charge in [-0.25, -0.2) is 4.98 Å². The summed E-state index contributed by atoms with van der Waals surface area (Å²) in [7, 11) is 0. The Bertz CT molecular complexity index is 542. The van der Waals surface area contributed by atoms with Crippen molar-refractivity contribution in [2.45, 2.75) is 13.0 Å². The maximum atomic E-state index is 11.0. The van der Waals surface area contributed by atoms with Crippen LogP contribution in [0.2, 0.25) is 0 Å². The number of hydrogen-bond donors (Lipinski definition) is 1. The number of rotatable bonds is 4. The van der Waals surface area contributed by atoms with Gasteiger partial charge < -0.3 is 15.0 Å². The maximum Gasteiger partial charge on any atom is 0.276 e. The number of anilines is 2. The van der Waals surface area contributed by atoms with Gasteiger partial charge in [0.2, 0.25) is 0 Å². The molecule has 2 heterocycles. The fraction of sp³-hybridized carbons (Fsp3) is 0.500. The molecule has 1 aromatic heterocycles. The Morgan fingerprint density at radius 1 is 1.70 bits per heavy atom. The molecule has 8 nitrogen and oxygen atoms in total. The number of hydrogen-bond acceptors (Lipinski definition) is 7. The quantitative estimate of drug-likeness (QED) is 0.650. The lowest BCUT2D eigenvalue weighted by Crippen LogP contribution is -2.42. The molecule has 0 bridgehead atoms. The van der Waals surface area contributed by atoms with E-state index in [0.717, 1.165) is 0 Å². The summed E-state index contributed by atoms with van der Waals surface area (Å²) in [5.74, 6) is 0.940. The Labute approximate surface area is 116 Å². The van der Waals surface area contributed by atoms with E-state index in [1.165, 1.54) is 12.1 Å². The van der Waals surface area contributed by atoms with Crippen LogP contribution in [0, 0.1) is 21.4 Å². The van der Waals surface area contributed by atoms with Crippen LogP contribution in [0.15, 0.2) is 12.1 Å². The SMILES string of the molecule is CCNc1cc([N+](=O)[O-])cc(N2CCOC(C#N)C2)n1. The van der Waals surface area contributed by atoms with E-state index in [-0.39, 0.29) is 5.69 Å². The van der Waals surface area contributed by atoms with Crippen molar-refractivity contribution < 1.29 is 9.66 Å². The minimum atomic E-state index is -0.535. The molecule has 8 heteroatoms. The molecule has 1 N–H and O–H groups in total. The highest BCUT2D eigenvalue weighted by Gasteiger charge is 2.23. The van der Waals surface area contributed by atoms with Crippen molar-refractivity contribution in [3.8, 4) is 6.07 Å². The molecule has 0 radical (unpaired) electrons. The third-order valence-corrected chi connectivity index (χ3v) is 2.90. The Hall–Kier alpha value is -2.40. The Morgan fingerprint density at radius 2 is 2.50 bits per heavy atom. The molecule has 0 amide bonds. The van der Waals surface area contributed by atoms with Crippen LogP contribution in [0.1, 0.15) is 6.92 Å². The summed E-state index contributed by atoms with van der Waals surface area (Å²) in [6.07, 6.45) is -0.535. The molecule has 1 unspecified atom stereocenters.